The van der Waals surface area contributed by atoms with E-state index in [1.165, 1.54) is 0 Å². The lowest BCUT2D eigenvalue weighted by atomic mass is 10.2. The molecular formula is C8H19N5O. The van der Waals surface area contributed by atoms with E-state index in [1.807, 2.05) is 13.8 Å². The summed E-state index contributed by atoms with van der Waals surface area (Å²) in [6, 6.07) is -0.0702. The fourth-order valence-corrected chi connectivity index (χ4v) is 0.943. The second kappa shape index (κ2) is 7.14. The van der Waals surface area contributed by atoms with Crippen molar-refractivity contribution in [1.82, 2.24) is 10.7 Å². The van der Waals surface area contributed by atoms with Crippen molar-refractivity contribution < 1.29 is 4.79 Å². The Balaban J connectivity index is 3.97. The van der Waals surface area contributed by atoms with Crippen molar-refractivity contribution in [2.45, 2.75) is 32.7 Å². The van der Waals surface area contributed by atoms with Gasteiger partial charge >= 0.3 is 0 Å². The van der Waals surface area contributed by atoms with Gasteiger partial charge in [-0.2, -0.15) is 0 Å². The molecule has 1 unspecified atom stereocenters. The minimum Gasteiger partial charge on any atom is -0.370 e. The maximum Gasteiger partial charge on any atom is 0.219 e. The number of carbonyl (C=O) groups is 1. The van der Waals surface area contributed by atoms with Crippen LogP contribution >= 0.6 is 0 Å². The van der Waals surface area contributed by atoms with Gasteiger partial charge in [0.25, 0.3) is 0 Å². The molecule has 6 N–H and O–H groups in total. The summed E-state index contributed by atoms with van der Waals surface area (Å²) in [6.45, 7) is 4.55. The third-order valence-electron chi connectivity index (χ3n) is 1.52. The molecule has 0 saturated heterocycles. The quantitative estimate of drug-likeness (QED) is 0.199. The van der Waals surface area contributed by atoms with Gasteiger partial charge in [-0.3, -0.25) is 15.2 Å². The first-order chi connectivity index (χ1) is 6.60. The summed E-state index contributed by atoms with van der Waals surface area (Å²) in [6.07, 6.45) is 1.20. The Kier molecular flexibility index (Phi) is 6.47. The molecule has 0 aromatic heterocycles. The number of carbonyl (C=O) groups excluding carboxylic acids is 1. The molecule has 0 fully saturated rings. The molecule has 82 valence electrons. The number of hydrazine groups is 1. The smallest absolute Gasteiger partial charge is 0.219 e. The van der Waals surface area contributed by atoms with Crippen molar-refractivity contribution >= 4 is 11.9 Å². The topological polar surface area (TPSA) is 106 Å². The Morgan fingerprint density at radius 1 is 1.57 bits per heavy atom. The second-order valence-electron chi connectivity index (χ2n) is 3.09. The van der Waals surface area contributed by atoms with E-state index in [0.29, 0.717) is 12.5 Å². The first-order valence-electron chi connectivity index (χ1n) is 4.66. The highest BCUT2D eigenvalue weighted by molar-refractivity contribution is 5.80. The Hall–Kier alpha value is -1.30. The minimum atomic E-state index is -0.350. The van der Waals surface area contributed by atoms with Crippen LogP contribution in [0.3, 0.4) is 0 Å². The highest BCUT2D eigenvalue weighted by atomic mass is 16.1. The predicted octanol–water partition coefficient (Wildman–Crippen LogP) is -0.931. The molecule has 0 saturated carbocycles. The van der Waals surface area contributed by atoms with Crippen LogP contribution in [0.4, 0.5) is 0 Å². The van der Waals surface area contributed by atoms with Gasteiger partial charge in [-0.15, -0.1) is 0 Å². The Labute approximate surface area is 84.1 Å². The molecular weight excluding hydrogens is 182 g/mol. The lowest BCUT2D eigenvalue weighted by Gasteiger charge is -2.14. The second-order valence-corrected chi connectivity index (χ2v) is 3.09. The molecule has 0 heterocycles. The van der Waals surface area contributed by atoms with Crippen molar-refractivity contribution in [1.29, 1.82) is 0 Å². The van der Waals surface area contributed by atoms with Crippen LogP contribution in [0.1, 0.15) is 26.7 Å². The molecule has 0 spiro atoms. The number of nitrogens with one attached hydrogen (secondary N) is 2. The van der Waals surface area contributed by atoms with Crippen LogP contribution in [0.2, 0.25) is 0 Å². The van der Waals surface area contributed by atoms with Gasteiger partial charge in [-0.05, 0) is 13.3 Å². The number of aliphatic imine (C=N–C) groups is 1. The Bertz CT molecular complexity index is 204. The number of primary amides is 1. The number of amides is 1. The van der Waals surface area contributed by atoms with Crippen molar-refractivity contribution in [3.8, 4) is 0 Å². The molecule has 0 aliphatic heterocycles. The van der Waals surface area contributed by atoms with E-state index in [4.69, 9.17) is 11.6 Å². The van der Waals surface area contributed by atoms with E-state index in [-0.39, 0.29) is 18.4 Å². The summed E-state index contributed by atoms with van der Waals surface area (Å²) in [7, 11) is 0. The van der Waals surface area contributed by atoms with E-state index in [1.54, 1.807) is 0 Å². The van der Waals surface area contributed by atoms with Crippen LogP contribution < -0.4 is 22.3 Å². The van der Waals surface area contributed by atoms with Crippen molar-refractivity contribution in [2.24, 2.45) is 16.6 Å². The fraction of sp³-hybridized carbons (Fsp3) is 0.750. The van der Waals surface area contributed by atoms with Gasteiger partial charge < -0.3 is 11.1 Å². The Morgan fingerprint density at radius 3 is 2.64 bits per heavy atom. The van der Waals surface area contributed by atoms with Crippen molar-refractivity contribution in [2.75, 3.05) is 6.54 Å². The monoisotopic (exact) mass is 201 g/mol. The van der Waals surface area contributed by atoms with Crippen molar-refractivity contribution in [3.63, 3.8) is 0 Å². The van der Waals surface area contributed by atoms with Gasteiger partial charge in [0.05, 0.1) is 0 Å². The van der Waals surface area contributed by atoms with Crippen LogP contribution in [0.25, 0.3) is 0 Å². The summed E-state index contributed by atoms with van der Waals surface area (Å²) in [4.78, 5) is 14.7. The standard InChI is InChI=1S/C8H19N5O/c1-3-4-11-8(13-10)12-6(2)5-7(9)14/h6H,3-5,10H2,1-2H3,(H2,9,14)(H2,11,12,13). The molecule has 6 nitrogen and oxygen atoms in total. The summed E-state index contributed by atoms with van der Waals surface area (Å²) < 4.78 is 0. The maximum atomic E-state index is 10.6. The van der Waals surface area contributed by atoms with Crippen LogP contribution in [0.5, 0.6) is 0 Å². The normalized spacial score (nSPS) is 13.5. The first-order valence-corrected chi connectivity index (χ1v) is 4.66. The van der Waals surface area contributed by atoms with Gasteiger partial charge in [0.15, 0.2) is 0 Å². The molecule has 0 aromatic carbocycles. The zero-order valence-corrected chi connectivity index (χ0v) is 8.71. The fourth-order valence-electron chi connectivity index (χ4n) is 0.943. The highest BCUT2D eigenvalue weighted by Gasteiger charge is 2.06. The maximum absolute atomic E-state index is 10.6. The molecule has 14 heavy (non-hydrogen) atoms. The lowest BCUT2D eigenvalue weighted by molar-refractivity contribution is -0.118. The van der Waals surface area contributed by atoms with Gasteiger partial charge in [-0.25, -0.2) is 5.84 Å². The summed E-state index contributed by atoms with van der Waals surface area (Å²) in [5.41, 5.74) is 7.47. The van der Waals surface area contributed by atoms with E-state index in [2.05, 4.69) is 15.7 Å². The first kappa shape index (κ1) is 12.7. The summed E-state index contributed by atoms with van der Waals surface area (Å²) >= 11 is 0. The van der Waals surface area contributed by atoms with Crippen LogP contribution in [-0.4, -0.2) is 24.5 Å². The van der Waals surface area contributed by atoms with Gasteiger partial charge in [-0.1, -0.05) is 6.92 Å². The lowest BCUT2D eigenvalue weighted by Crippen LogP contribution is -2.46. The third kappa shape index (κ3) is 6.24. The zero-order chi connectivity index (χ0) is 11.0. The molecule has 0 bridgehead atoms. The molecule has 0 aliphatic rings. The van der Waals surface area contributed by atoms with Gasteiger partial charge in [0, 0.05) is 19.0 Å². The van der Waals surface area contributed by atoms with Crippen LogP contribution in [0.15, 0.2) is 4.99 Å². The summed E-state index contributed by atoms with van der Waals surface area (Å²) in [5.74, 6) is 5.37. The number of guanidine groups is 1. The number of nitrogens with zero attached hydrogens (tertiary/aromatic N) is 1. The molecule has 1 amide bonds. The van der Waals surface area contributed by atoms with E-state index < -0.39 is 0 Å². The molecule has 6 heteroatoms. The van der Waals surface area contributed by atoms with E-state index in [9.17, 15) is 4.79 Å². The molecule has 0 rings (SSSR count). The SMILES string of the molecule is CCCN=C(NN)NC(C)CC(N)=O. The highest BCUT2D eigenvalue weighted by Crippen LogP contribution is 1.88. The van der Waals surface area contributed by atoms with Crippen molar-refractivity contribution in [3.05, 3.63) is 0 Å². The third-order valence-corrected chi connectivity index (χ3v) is 1.52. The largest absolute Gasteiger partial charge is 0.370 e. The number of rotatable bonds is 5. The molecule has 0 aliphatic carbocycles. The van der Waals surface area contributed by atoms with E-state index in [0.717, 1.165) is 6.42 Å². The van der Waals surface area contributed by atoms with Crippen LogP contribution in [-0.2, 0) is 4.79 Å². The zero-order valence-electron chi connectivity index (χ0n) is 8.71. The number of hydrogen-bond acceptors (Lipinski definition) is 3. The predicted molar refractivity (Wildman–Crippen MR) is 56.3 cm³/mol. The summed E-state index contributed by atoms with van der Waals surface area (Å²) in [5, 5.41) is 2.95. The minimum absolute atomic E-state index is 0.0702. The average Bonchev–Trinajstić information content (AvgIpc) is 2.10. The van der Waals surface area contributed by atoms with Gasteiger partial charge in [0.2, 0.25) is 11.9 Å². The number of hydrogen-bond donors (Lipinski definition) is 4. The molecule has 0 radical (unpaired) electrons. The van der Waals surface area contributed by atoms with E-state index >= 15 is 0 Å². The number of nitrogens with two attached hydrogens (primary N) is 2. The Morgan fingerprint density at radius 2 is 2.21 bits per heavy atom. The molecule has 0 aromatic rings. The molecule has 1 atom stereocenters. The average molecular weight is 201 g/mol. The van der Waals surface area contributed by atoms with Crippen LogP contribution in [0, 0.1) is 0 Å². The van der Waals surface area contributed by atoms with Gasteiger partial charge in [0.1, 0.15) is 0 Å².